The van der Waals surface area contributed by atoms with E-state index in [1.807, 2.05) is 0 Å². The van der Waals surface area contributed by atoms with Gasteiger partial charge in [0, 0.05) is 26.2 Å². The van der Waals surface area contributed by atoms with Crippen LogP contribution in [0.3, 0.4) is 0 Å². The molecule has 2 aliphatic rings. The predicted molar refractivity (Wildman–Crippen MR) is 72.1 cm³/mol. The van der Waals surface area contributed by atoms with Crippen molar-refractivity contribution in [2.45, 2.75) is 18.9 Å². The number of rotatable bonds is 6. The summed E-state index contributed by atoms with van der Waals surface area (Å²) in [4.78, 5) is 13.9. The lowest BCUT2D eigenvalue weighted by atomic mass is 10.1. The molecule has 2 aliphatic heterocycles. The Morgan fingerprint density at radius 1 is 1.32 bits per heavy atom. The highest BCUT2D eigenvalue weighted by Gasteiger charge is 2.15. The maximum atomic E-state index is 11.6. The van der Waals surface area contributed by atoms with Crippen molar-refractivity contribution in [3.05, 3.63) is 0 Å². The van der Waals surface area contributed by atoms with Crippen LogP contribution in [0.4, 0.5) is 0 Å². The summed E-state index contributed by atoms with van der Waals surface area (Å²) in [5.74, 6) is -0.00760. The Kier molecular flexibility index (Phi) is 6.56. The van der Waals surface area contributed by atoms with E-state index in [-0.39, 0.29) is 18.6 Å². The summed E-state index contributed by atoms with van der Waals surface area (Å²) in [6.45, 7) is 7.26. The van der Waals surface area contributed by atoms with Crippen molar-refractivity contribution in [3.63, 3.8) is 0 Å². The van der Waals surface area contributed by atoms with Gasteiger partial charge in [0.25, 0.3) is 0 Å². The number of nitrogens with zero attached hydrogens (tertiary/aromatic N) is 1. The van der Waals surface area contributed by atoms with Crippen molar-refractivity contribution < 1.29 is 14.3 Å². The fourth-order valence-corrected chi connectivity index (χ4v) is 2.38. The Labute approximate surface area is 114 Å². The summed E-state index contributed by atoms with van der Waals surface area (Å²) >= 11 is 0. The fraction of sp³-hybridized carbons (Fsp3) is 0.923. The Morgan fingerprint density at radius 3 is 2.79 bits per heavy atom. The van der Waals surface area contributed by atoms with Gasteiger partial charge in [0.1, 0.15) is 6.61 Å². The number of piperidine rings is 1. The molecule has 0 radical (unpaired) electrons. The van der Waals surface area contributed by atoms with E-state index >= 15 is 0 Å². The summed E-state index contributed by atoms with van der Waals surface area (Å²) < 4.78 is 10.9. The molecule has 0 aromatic heterocycles. The van der Waals surface area contributed by atoms with E-state index in [9.17, 15) is 4.79 Å². The van der Waals surface area contributed by atoms with Gasteiger partial charge in [0.2, 0.25) is 5.91 Å². The minimum absolute atomic E-state index is 0.00760. The number of amides is 1. The van der Waals surface area contributed by atoms with E-state index in [1.54, 1.807) is 0 Å². The van der Waals surface area contributed by atoms with E-state index in [0.717, 1.165) is 58.8 Å². The van der Waals surface area contributed by atoms with Gasteiger partial charge in [0.15, 0.2) is 0 Å². The number of carbonyl (C=O) groups is 1. The second kappa shape index (κ2) is 8.47. The maximum Gasteiger partial charge on any atom is 0.246 e. The van der Waals surface area contributed by atoms with Crippen LogP contribution in [0.2, 0.25) is 0 Å². The first kappa shape index (κ1) is 14.7. The molecule has 2 rings (SSSR count). The predicted octanol–water partition coefficient (Wildman–Crippen LogP) is -0.797. The van der Waals surface area contributed by atoms with E-state index in [1.165, 1.54) is 0 Å². The number of nitrogens with one attached hydrogen (secondary N) is 2. The summed E-state index contributed by atoms with van der Waals surface area (Å²) in [6.07, 6.45) is 2.24. The molecule has 1 amide bonds. The topological polar surface area (TPSA) is 62.8 Å². The summed E-state index contributed by atoms with van der Waals surface area (Å²) in [7, 11) is 0. The van der Waals surface area contributed by atoms with Crippen LogP contribution < -0.4 is 10.6 Å². The monoisotopic (exact) mass is 271 g/mol. The average Bonchev–Trinajstić information content (AvgIpc) is 2.47. The van der Waals surface area contributed by atoms with Crippen molar-refractivity contribution >= 4 is 5.91 Å². The van der Waals surface area contributed by atoms with E-state index < -0.39 is 0 Å². The molecule has 0 aromatic rings. The molecule has 2 saturated heterocycles. The largest absolute Gasteiger partial charge is 0.379 e. The average molecular weight is 271 g/mol. The zero-order chi connectivity index (χ0) is 13.3. The normalized spacial score (nSPS) is 22.3. The molecule has 0 saturated carbocycles. The molecule has 2 heterocycles. The van der Waals surface area contributed by atoms with Gasteiger partial charge in [-0.25, -0.2) is 0 Å². The SMILES string of the molecule is O=C(COC1CCNCC1)NCCN1CCOCC1. The molecular formula is C13H25N3O3. The Bertz CT molecular complexity index is 264. The second-order valence-electron chi connectivity index (χ2n) is 5.06. The molecular weight excluding hydrogens is 246 g/mol. The van der Waals surface area contributed by atoms with Gasteiger partial charge in [-0.3, -0.25) is 9.69 Å². The Balaban J connectivity index is 1.49. The molecule has 19 heavy (non-hydrogen) atoms. The number of hydrogen-bond donors (Lipinski definition) is 2. The highest BCUT2D eigenvalue weighted by molar-refractivity contribution is 5.77. The molecule has 0 bridgehead atoms. The van der Waals surface area contributed by atoms with Crippen molar-refractivity contribution in [1.29, 1.82) is 0 Å². The number of hydrogen-bond acceptors (Lipinski definition) is 5. The third-order valence-electron chi connectivity index (χ3n) is 3.59. The highest BCUT2D eigenvalue weighted by Crippen LogP contribution is 2.06. The van der Waals surface area contributed by atoms with Gasteiger partial charge in [-0.15, -0.1) is 0 Å². The van der Waals surface area contributed by atoms with Gasteiger partial charge >= 0.3 is 0 Å². The first-order chi connectivity index (χ1) is 9.34. The Morgan fingerprint density at radius 2 is 2.05 bits per heavy atom. The molecule has 6 heteroatoms. The summed E-state index contributed by atoms with van der Waals surface area (Å²) in [5, 5.41) is 6.18. The molecule has 0 aliphatic carbocycles. The van der Waals surface area contributed by atoms with Crippen molar-refractivity contribution in [2.24, 2.45) is 0 Å². The van der Waals surface area contributed by atoms with Crippen LogP contribution in [0.5, 0.6) is 0 Å². The minimum Gasteiger partial charge on any atom is -0.379 e. The molecule has 2 N–H and O–H groups in total. The lowest BCUT2D eigenvalue weighted by Crippen LogP contribution is -2.42. The van der Waals surface area contributed by atoms with Gasteiger partial charge in [-0.2, -0.15) is 0 Å². The lowest BCUT2D eigenvalue weighted by molar-refractivity contribution is -0.128. The molecule has 0 spiro atoms. The number of carbonyl (C=O) groups excluding carboxylic acids is 1. The quantitative estimate of drug-likeness (QED) is 0.662. The van der Waals surface area contributed by atoms with Gasteiger partial charge in [0.05, 0.1) is 19.3 Å². The standard InChI is InChI=1S/C13H25N3O3/c17-13(11-19-12-1-3-14-4-2-12)15-5-6-16-7-9-18-10-8-16/h12,14H,1-11H2,(H,15,17). The molecule has 0 unspecified atom stereocenters. The maximum absolute atomic E-state index is 11.6. The van der Waals surface area contributed by atoms with Crippen molar-refractivity contribution in [2.75, 3.05) is 59.1 Å². The molecule has 0 aromatic carbocycles. The molecule has 6 nitrogen and oxygen atoms in total. The smallest absolute Gasteiger partial charge is 0.246 e. The van der Waals surface area contributed by atoms with Crippen molar-refractivity contribution in [3.8, 4) is 0 Å². The molecule has 110 valence electrons. The van der Waals surface area contributed by atoms with Gasteiger partial charge in [-0.1, -0.05) is 0 Å². The zero-order valence-corrected chi connectivity index (χ0v) is 11.5. The summed E-state index contributed by atoms with van der Waals surface area (Å²) in [5.41, 5.74) is 0. The van der Waals surface area contributed by atoms with Crippen molar-refractivity contribution in [1.82, 2.24) is 15.5 Å². The third-order valence-corrected chi connectivity index (χ3v) is 3.59. The highest BCUT2D eigenvalue weighted by atomic mass is 16.5. The fourth-order valence-electron chi connectivity index (χ4n) is 2.38. The third kappa shape index (κ3) is 5.86. The molecule has 0 atom stereocenters. The first-order valence-corrected chi connectivity index (χ1v) is 7.24. The Hall–Kier alpha value is -0.690. The van der Waals surface area contributed by atoms with E-state index in [0.29, 0.717) is 6.54 Å². The van der Waals surface area contributed by atoms with Crippen LogP contribution >= 0.6 is 0 Å². The first-order valence-electron chi connectivity index (χ1n) is 7.24. The summed E-state index contributed by atoms with van der Waals surface area (Å²) in [6, 6.07) is 0. The van der Waals surface area contributed by atoms with Crippen LogP contribution in [-0.2, 0) is 14.3 Å². The van der Waals surface area contributed by atoms with E-state index in [4.69, 9.17) is 9.47 Å². The van der Waals surface area contributed by atoms with Crippen LogP contribution in [0.1, 0.15) is 12.8 Å². The van der Waals surface area contributed by atoms with Crippen LogP contribution in [-0.4, -0.2) is 76.0 Å². The van der Waals surface area contributed by atoms with Gasteiger partial charge < -0.3 is 20.1 Å². The zero-order valence-electron chi connectivity index (χ0n) is 11.5. The number of morpholine rings is 1. The van der Waals surface area contributed by atoms with Gasteiger partial charge in [-0.05, 0) is 25.9 Å². The van der Waals surface area contributed by atoms with Crippen LogP contribution in [0.25, 0.3) is 0 Å². The lowest BCUT2D eigenvalue weighted by Gasteiger charge is -2.26. The molecule has 2 fully saturated rings. The second-order valence-corrected chi connectivity index (χ2v) is 5.06. The van der Waals surface area contributed by atoms with Crippen LogP contribution in [0, 0.1) is 0 Å². The minimum atomic E-state index is -0.00760. The van der Waals surface area contributed by atoms with E-state index in [2.05, 4.69) is 15.5 Å². The van der Waals surface area contributed by atoms with Crippen LogP contribution in [0.15, 0.2) is 0 Å². The number of ether oxygens (including phenoxy) is 2.